The predicted octanol–water partition coefficient (Wildman–Crippen LogP) is 4.06. The largest absolute Gasteiger partial charge is 0.350 e. The molecule has 1 rings (SSSR count). The molecule has 0 spiro atoms. The Morgan fingerprint density at radius 1 is 1.30 bits per heavy atom. The van der Waals surface area contributed by atoms with Gasteiger partial charge in [-0.1, -0.05) is 33.6 Å². The van der Waals surface area contributed by atoms with Gasteiger partial charge in [0.15, 0.2) is 0 Å². The number of benzene rings is 1. The molecule has 0 aliphatic rings. The number of rotatable bonds is 4. The molecule has 5 heteroatoms. The Bertz CT molecular complexity index is 485. The molecule has 1 aromatic rings. The summed E-state index contributed by atoms with van der Waals surface area (Å²) in [4.78, 5) is 12.1. The first-order valence-electron chi connectivity index (χ1n) is 6.63. The second-order valence-corrected chi connectivity index (χ2v) is 7.34. The van der Waals surface area contributed by atoms with Crippen LogP contribution in [0, 0.1) is 0 Å². The molecular formula is C15H22BrClN2O. The molecule has 0 heterocycles. The number of nitrogens with one attached hydrogen (secondary N) is 2. The highest BCUT2D eigenvalue weighted by molar-refractivity contribution is 9.10. The molecule has 0 aliphatic carbocycles. The molecule has 2 N–H and O–H groups in total. The van der Waals surface area contributed by atoms with Gasteiger partial charge in [-0.05, 0) is 52.3 Å². The van der Waals surface area contributed by atoms with Crippen molar-refractivity contribution in [3.63, 3.8) is 0 Å². The van der Waals surface area contributed by atoms with E-state index in [1.807, 2.05) is 52.8 Å². The highest BCUT2D eigenvalue weighted by atomic mass is 79.9. The third-order valence-electron chi connectivity index (χ3n) is 2.82. The maximum absolute atomic E-state index is 12.1. The lowest BCUT2D eigenvalue weighted by Crippen LogP contribution is -2.50. The van der Waals surface area contributed by atoms with E-state index in [0.29, 0.717) is 5.02 Å². The van der Waals surface area contributed by atoms with E-state index in [0.717, 1.165) is 10.0 Å². The maximum Gasteiger partial charge on any atom is 0.237 e. The second kappa shape index (κ2) is 6.92. The van der Waals surface area contributed by atoms with Gasteiger partial charge in [-0.2, -0.15) is 0 Å². The van der Waals surface area contributed by atoms with Crippen LogP contribution in [0.1, 0.15) is 46.2 Å². The monoisotopic (exact) mass is 360 g/mol. The van der Waals surface area contributed by atoms with Gasteiger partial charge >= 0.3 is 0 Å². The van der Waals surface area contributed by atoms with E-state index in [-0.39, 0.29) is 23.5 Å². The van der Waals surface area contributed by atoms with Gasteiger partial charge in [0, 0.05) is 21.1 Å². The average Bonchev–Trinajstić information content (AvgIpc) is 2.26. The van der Waals surface area contributed by atoms with Crippen LogP contribution in [0.4, 0.5) is 0 Å². The van der Waals surface area contributed by atoms with Gasteiger partial charge < -0.3 is 5.32 Å². The minimum absolute atomic E-state index is 0.00341. The van der Waals surface area contributed by atoms with E-state index >= 15 is 0 Å². The zero-order valence-corrected chi connectivity index (χ0v) is 14.9. The molecule has 0 bridgehead atoms. The van der Waals surface area contributed by atoms with Crippen molar-refractivity contribution >= 4 is 33.4 Å². The molecule has 20 heavy (non-hydrogen) atoms. The maximum atomic E-state index is 12.1. The van der Waals surface area contributed by atoms with Gasteiger partial charge in [0.2, 0.25) is 5.91 Å². The molecule has 0 aromatic heterocycles. The summed E-state index contributed by atoms with van der Waals surface area (Å²) >= 11 is 9.61. The average molecular weight is 362 g/mol. The van der Waals surface area contributed by atoms with Crippen LogP contribution < -0.4 is 10.6 Å². The minimum Gasteiger partial charge on any atom is -0.350 e. The fourth-order valence-corrected chi connectivity index (χ4v) is 2.71. The van der Waals surface area contributed by atoms with Crippen molar-refractivity contribution in [1.29, 1.82) is 0 Å². The molecule has 0 fully saturated rings. The Morgan fingerprint density at radius 2 is 1.90 bits per heavy atom. The van der Waals surface area contributed by atoms with Crippen LogP contribution in [0.25, 0.3) is 0 Å². The van der Waals surface area contributed by atoms with Crippen molar-refractivity contribution in [2.45, 2.75) is 52.2 Å². The molecule has 0 radical (unpaired) electrons. The van der Waals surface area contributed by atoms with Crippen molar-refractivity contribution in [1.82, 2.24) is 10.6 Å². The first kappa shape index (κ1) is 17.5. The smallest absolute Gasteiger partial charge is 0.237 e. The lowest BCUT2D eigenvalue weighted by molar-refractivity contribution is -0.124. The summed E-state index contributed by atoms with van der Waals surface area (Å²) in [7, 11) is 0. The number of hydrogen-bond acceptors (Lipinski definition) is 2. The predicted molar refractivity (Wildman–Crippen MR) is 88.1 cm³/mol. The van der Waals surface area contributed by atoms with Crippen molar-refractivity contribution < 1.29 is 4.79 Å². The summed E-state index contributed by atoms with van der Waals surface area (Å²) in [6.07, 6.45) is 0. The van der Waals surface area contributed by atoms with Crippen molar-refractivity contribution in [2.24, 2.45) is 0 Å². The molecule has 2 unspecified atom stereocenters. The molecule has 0 saturated heterocycles. The quantitative estimate of drug-likeness (QED) is 0.849. The van der Waals surface area contributed by atoms with E-state index in [4.69, 9.17) is 11.6 Å². The Balaban J connectivity index is 2.70. The highest BCUT2D eigenvalue weighted by Crippen LogP contribution is 2.26. The van der Waals surface area contributed by atoms with Gasteiger partial charge in [0.25, 0.3) is 0 Å². The van der Waals surface area contributed by atoms with Gasteiger partial charge in [-0.25, -0.2) is 0 Å². The number of carbonyl (C=O) groups is 1. The molecule has 1 aromatic carbocycles. The van der Waals surface area contributed by atoms with E-state index in [1.165, 1.54) is 0 Å². The zero-order chi connectivity index (χ0) is 15.5. The summed E-state index contributed by atoms with van der Waals surface area (Å²) in [6.45, 7) is 9.74. The molecule has 0 saturated carbocycles. The summed E-state index contributed by atoms with van der Waals surface area (Å²) in [5.41, 5.74) is 0.746. The minimum atomic E-state index is -0.288. The Kier molecular flexibility index (Phi) is 6.05. The van der Waals surface area contributed by atoms with Crippen molar-refractivity contribution in [3.8, 4) is 0 Å². The highest BCUT2D eigenvalue weighted by Gasteiger charge is 2.21. The van der Waals surface area contributed by atoms with Gasteiger partial charge in [-0.15, -0.1) is 0 Å². The van der Waals surface area contributed by atoms with Crippen molar-refractivity contribution in [3.05, 3.63) is 33.3 Å². The van der Waals surface area contributed by atoms with Gasteiger partial charge in [-0.3, -0.25) is 10.1 Å². The van der Waals surface area contributed by atoms with Crippen LogP contribution in [0.2, 0.25) is 5.02 Å². The normalized spacial score (nSPS) is 14.8. The summed E-state index contributed by atoms with van der Waals surface area (Å²) in [6, 6.07) is 5.47. The number of hydrogen-bond donors (Lipinski definition) is 2. The lowest BCUT2D eigenvalue weighted by Gasteiger charge is -2.26. The van der Waals surface area contributed by atoms with Crippen LogP contribution in [0.5, 0.6) is 0 Å². The Labute approximate surface area is 134 Å². The zero-order valence-electron chi connectivity index (χ0n) is 12.6. The van der Waals surface area contributed by atoms with Crippen LogP contribution in [-0.2, 0) is 4.79 Å². The Morgan fingerprint density at radius 3 is 2.40 bits per heavy atom. The van der Waals surface area contributed by atoms with E-state index < -0.39 is 0 Å². The fraction of sp³-hybridized carbons (Fsp3) is 0.533. The summed E-state index contributed by atoms with van der Waals surface area (Å²) < 4.78 is 0.942. The second-order valence-electron chi connectivity index (χ2n) is 6.02. The summed E-state index contributed by atoms with van der Waals surface area (Å²) in [5, 5.41) is 6.91. The van der Waals surface area contributed by atoms with Crippen LogP contribution in [0.3, 0.4) is 0 Å². The SMILES string of the molecule is CC(NC(C)c1ccc(Br)cc1Cl)C(=O)NC(C)(C)C. The number of amides is 1. The summed E-state index contributed by atoms with van der Waals surface area (Å²) in [5.74, 6) is -0.0161. The molecular weight excluding hydrogens is 340 g/mol. The third kappa shape index (κ3) is 5.43. The number of halogens is 2. The molecule has 3 nitrogen and oxygen atoms in total. The third-order valence-corrected chi connectivity index (χ3v) is 3.64. The topological polar surface area (TPSA) is 41.1 Å². The molecule has 112 valence electrons. The fourth-order valence-electron chi connectivity index (χ4n) is 1.87. The van der Waals surface area contributed by atoms with E-state index in [1.54, 1.807) is 0 Å². The number of carbonyl (C=O) groups excluding carboxylic acids is 1. The Hall–Kier alpha value is -0.580. The van der Waals surface area contributed by atoms with Crippen molar-refractivity contribution in [2.75, 3.05) is 0 Å². The van der Waals surface area contributed by atoms with Crippen LogP contribution in [0.15, 0.2) is 22.7 Å². The molecule has 2 atom stereocenters. The van der Waals surface area contributed by atoms with Gasteiger partial charge in [0.1, 0.15) is 0 Å². The lowest BCUT2D eigenvalue weighted by atomic mass is 10.1. The van der Waals surface area contributed by atoms with E-state index in [2.05, 4.69) is 26.6 Å². The van der Waals surface area contributed by atoms with Crippen LogP contribution >= 0.6 is 27.5 Å². The first-order chi connectivity index (χ1) is 9.10. The van der Waals surface area contributed by atoms with Crippen LogP contribution in [-0.4, -0.2) is 17.5 Å². The first-order valence-corrected chi connectivity index (χ1v) is 7.80. The standard InChI is InChI=1S/C15H22BrClN2O/c1-9(12-7-6-11(16)8-13(12)17)18-10(2)14(20)19-15(3,4)5/h6-10,18H,1-5H3,(H,19,20). The van der Waals surface area contributed by atoms with E-state index in [9.17, 15) is 4.79 Å². The molecule has 1 amide bonds. The van der Waals surface area contributed by atoms with Gasteiger partial charge in [0.05, 0.1) is 6.04 Å². The molecule has 0 aliphatic heterocycles.